The molecule has 0 radical (unpaired) electrons. The van der Waals surface area contributed by atoms with Gasteiger partial charge in [0.1, 0.15) is 18.2 Å². The van der Waals surface area contributed by atoms with Gasteiger partial charge in [0.2, 0.25) is 0 Å². The van der Waals surface area contributed by atoms with Gasteiger partial charge in [0.05, 0.1) is 4.47 Å². The van der Waals surface area contributed by atoms with Crippen LogP contribution in [0.1, 0.15) is 17.8 Å². The molecule has 1 aromatic carbocycles. The first-order chi connectivity index (χ1) is 9.16. The maximum atomic E-state index is 13.3. The molecule has 1 N–H and O–H groups in total. The van der Waals surface area contributed by atoms with Gasteiger partial charge >= 0.3 is 0 Å². The Kier molecular flexibility index (Phi) is 5.36. The highest BCUT2D eigenvalue weighted by atomic mass is 79.9. The molecule has 1 heterocycles. The summed E-state index contributed by atoms with van der Waals surface area (Å²) in [5.41, 5.74) is 0. The van der Waals surface area contributed by atoms with Crippen LogP contribution in [0.15, 0.2) is 40.2 Å². The van der Waals surface area contributed by atoms with Crippen LogP contribution >= 0.6 is 27.3 Å². The number of hydrogen-bond acceptors (Lipinski definition) is 3. The predicted octanol–water partition coefficient (Wildman–Crippen LogP) is 4.38. The second-order valence-corrected chi connectivity index (χ2v) is 5.95. The molecule has 0 aliphatic heterocycles. The first-order valence-electron chi connectivity index (χ1n) is 6.01. The molecule has 0 aliphatic carbocycles. The molecular formula is C14H15BrFNOS. The van der Waals surface area contributed by atoms with Crippen LogP contribution in [0, 0.1) is 5.82 Å². The minimum atomic E-state index is -0.308. The van der Waals surface area contributed by atoms with Crippen molar-refractivity contribution in [1.29, 1.82) is 0 Å². The van der Waals surface area contributed by atoms with Gasteiger partial charge in [-0.15, -0.1) is 11.3 Å². The summed E-state index contributed by atoms with van der Waals surface area (Å²) < 4.78 is 19.2. The van der Waals surface area contributed by atoms with Gasteiger partial charge in [-0.3, -0.25) is 0 Å². The highest BCUT2D eigenvalue weighted by Crippen LogP contribution is 2.21. The van der Waals surface area contributed by atoms with Gasteiger partial charge in [0.25, 0.3) is 0 Å². The lowest BCUT2D eigenvalue weighted by atomic mass is 10.3. The van der Waals surface area contributed by atoms with Crippen molar-refractivity contribution in [2.75, 3.05) is 13.2 Å². The van der Waals surface area contributed by atoms with Crippen LogP contribution in [-0.4, -0.2) is 13.2 Å². The third-order valence-electron chi connectivity index (χ3n) is 2.68. The van der Waals surface area contributed by atoms with Gasteiger partial charge in [-0.25, -0.2) is 4.39 Å². The van der Waals surface area contributed by atoms with E-state index in [1.807, 2.05) is 6.07 Å². The Morgan fingerprint density at radius 2 is 2.26 bits per heavy atom. The van der Waals surface area contributed by atoms with Gasteiger partial charge < -0.3 is 10.1 Å². The van der Waals surface area contributed by atoms with E-state index in [9.17, 15) is 4.39 Å². The lowest BCUT2D eigenvalue weighted by Crippen LogP contribution is -2.23. The Morgan fingerprint density at radius 1 is 1.42 bits per heavy atom. The van der Waals surface area contributed by atoms with E-state index < -0.39 is 0 Å². The number of hydrogen-bond donors (Lipinski definition) is 1. The molecule has 0 aliphatic rings. The number of halogens is 2. The molecule has 2 nitrogen and oxygen atoms in total. The average molecular weight is 344 g/mol. The zero-order valence-electron chi connectivity index (χ0n) is 10.5. The van der Waals surface area contributed by atoms with Gasteiger partial charge in [-0.1, -0.05) is 6.07 Å². The fourth-order valence-corrected chi connectivity index (χ4v) is 2.65. The summed E-state index contributed by atoms with van der Waals surface area (Å²) in [7, 11) is 0. The largest absolute Gasteiger partial charge is 0.492 e. The molecule has 19 heavy (non-hydrogen) atoms. The second-order valence-electron chi connectivity index (χ2n) is 4.12. The second kappa shape index (κ2) is 7.03. The van der Waals surface area contributed by atoms with Crippen molar-refractivity contribution in [3.63, 3.8) is 0 Å². The highest BCUT2D eigenvalue weighted by Gasteiger charge is 2.05. The van der Waals surface area contributed by atoms with Gasteiger partial charge in [-0.05, 0) is 46.4 Å². The lowest BCUT2D eigenvalue weighted by Gasteiger charge is -2.12. The standard InChI is InChI=1S/C14H15BrFNOS/c1-10(14-3-2-8-19-14)17-6-7-18-11-4-5-12(15)13(16)9-11/h2-5,8-10,17H,6-7H2,1H3. The summed E-state index contributed by atoms with van der Waals surface area (Å²) in [4.78, 5) is 1.30. The molecular weight excluding hydrogens is 329 g/mol. The fraction of sp³-hybridized carbons (Fsp3) is 0.286. The summed E-state index contributed by atoms with van der Waals surface area (Å²) in [6, 6.07) is 9.23. The SMILES string of the molecule is CC(NCCOc1ccc(Br)c(F)c1)c1cccs1. The number of benzene rings is 1. The van der Waals surface area contributed by atoms with Crippen LogP contribution < -0.4 is 10.1 Å². The Hall–Kier alpha value is -0.910. The monoisotopic (exact) mass is 343 g/mol. The normalized spacial score (nSPS) is 12.4. The molecule has 2 rings (SSSR count). The van der Waals surface area contributed by atoms with E-state index in [1.54, 1.807) is 23.5 Å². The van der Waals surface area contributed by atoms with Crippen LogP contribution in [-0.2, 0) is 0 Å². The van der Waals surface area contributed by atoms with Crippen LogP contribution in [0.25, 0.3) is 0 Å². The molecule has 1 aromatic heterocycles. The summed E-state index contributed by atoms with van der Waals surface area (Å²) in [5, 5.41) is 5.43. The van der Waals surface area contributed by atoms with Crippen LogP contribution in [0.5, 0.6) is 5.75 Å². The third-order valence-corrected chi connectivity index (χ3v) is 4.38. The predicted molar refractivity (Wildman–Crippen MR) is 80.3 cm³/mol. The summed E-state index contributed by atoms with van der Waals surface area (Å²) in [6.45, 7) is 3.35. The number of ether oxygens (including phenoxy) is 1. The van der Waals surface area contributed by atoms with E-state index in [4.69, 9.17) is 4.74 Å². The van der Waals surface area contributed by atoms with Gasteiger partial charge in [-0.2, -0.15) is 0 Å². The summed E-state index contributed by atoms with van der Waals surface area (Å²) in [6.07, 6.45) is 0. The van der Waals surface area contributed by atoms with E-state index >= 15 is 0 Å². The molecule has 5 heteroatoms. The van der Waals surface area contributed by atoms with Crippen molar-refractivity contribution in [2.45, 2.75) is 13.0 Å². The summed E-state index contributed by atoms with van der Waals surface area (Å²) >= 11 is 4.84. The minimum Gasteiger partial charge on any atom is -0.492 e. The van der Waals surface area contributed by atoms with E-state index in [0.717, 1.165) is 6.54 Å². The quantitative estimate of drug-likeness (QED) is 0.786. The lowest BCUT2D eigenvalue weighted by molar-refractivity contribution is 0.306. The zero-order valence-corrected chi connectivity index (χ0v) is 12.9. The van der Waals surface area contributed by atoms with Crippen LogP contribution in [0.3, 0.4) is 0 Å². The molecule has 2 aromatic rings. The first-order valence-corrected chi connectivity index (χ1v) is 7.68. The maximum Gasteiger partial charge on any atom is 0.141 e. The van der Waals surface area contributed by atoms with Crippen molar-refractivity contribution >= 4 is 27.3 Å². The van der Waals surface area contributed by atoms with Gasteiger partial charge in [0.15, 0.2) is 0 Å². The number of nitrogens with one attached hydrogen (secondary N) is 1. The van der Waals surface area contributed by atoms with E-state index in [-0.39, 0.29) is 5.82 Å². The van der Waals surface area contributed by atoms with Crippen molar-refractivity contribution in [3.8, 4) is 5.75 Å². The molecule has 0 bridgehead atoms. The average Bonchev–Trinajstić information content (AvgIpc) is 2.92. The van der Waals surface area contributed by atoms with Crippen molar-refractivity contribution in [3.05, 3.63) is 50.9 Å². The van der Waals surface area contributed by atoms with Crippen LogP contribution in [0.4, 0.5) is 4.39 Å². The molecule has 1 atom stereocenters. The van der Waals surface area contributed by atoms with Crippen molar-refractivity contribution in [2.24, 2.45) is 0 Å². The van der Waals surface area contributed by atoms with E-state index in [2.05, 4.69) is 39.6 Å². The smallest absolute Gasteiger partial charge is 0.141 e. The highest BCUT2D eigenvalue weighted by molar-refractivity contribution is 9.10. The maximum absolute atomic E-state index is 13.3. The fourth-order valence-electron chi connectivity index (χ4n) is 1.65. The number of thiophene rings is 1. The topological polar surface area (TPSA) is 21.3 Å². The van der Waals surface area contributed by atoms with Gasteiger partial charge in [0, 0.05) is 23.5 Å². The van der Waals surface area contributed by atoms with Crippen molar-refractivity contribution < 1.29 is 9.13 Å². The third kappa shape index (κ3) is 4.30. The van der Waals surface area contributed by atoms with E-state index in [0.29, 0.717) is 22.9 Å². The van der Waals surface area contributed by atoms with Crippen LogP contribution in [0.2, 0.25) is 0 Å². The molecule has 1 unspecified atom stereocenters. The van der Waals surface area contributed by atoms with E-state index in [1.165, 1.54) is 10.9 Å². The molecule has 102 valence electrons. The first kappa shape index (κ1) is 14.5. The Morgan fingerprint density at radius 3 is 2.95 bits per heavy atom. The molecule has 0 saturated carbocycles. The molecule has 0 amide bonds. The Bertz CT molecular complexity index is 518. The molecule has 0 spiro atoms. The molecule has 0 saturated heterocycles. The van der Waals surface area contributed by atoms with Crippen molar-refractivity contribution in [1.82, 2.24) is 5.32 Å². The summed E-state index contributed by atoms with van der Waals surface area (Å²) in [5.74, 6) is 0.240. The Labute approximate surface area is 124 Å². The number of rotatable bonds is 6. The molecule has 0 fully saturated rings. The Balaban J connectivity index is 1.73. The minimum absolute atomic E-state index is 0.308. The zero-order chi connectivity index (χ0) is 13.7.